The van der Waals surface area contributed by atoms with E-state index in [1.807, 2.05) is 36.5 Å². The van der Waals surface area contributed by atoms with Crippen molar-refractivity contribution in [2.45, 2.75) is 98.6 Å². The SMILES string of the molecule is O=C(NCC(O)C(O)C(O)C(O)CO)C1CCC(NS(=O)(=O)c2ccc(Cl)c(COC3(c4cnccc4-c4ccccc4OC4CC4)CC3)c2)C1. The molecule has 51 heavy (non-hydrogen) atoms. The molecule has 6 atom stereocenters. The molecule has 0 spiro atoms. The summed E-state index contributed by atoms with van der Waals surface area (Å²) in [6, 6.07) is 13.8. The Bertz CT molecular complexity index is 1810. The molecule has 0 bridgehead atoms. The highest BCUT2D eigenvalue weighted by Gasteiger charge is 2.48. The van der Waals surface area contributed by atoms with Crippen molar-refractivity contribution < 1.29 is 48.2 Å². The maximum Gasteiger partial charge on any atom is 0.240 e. The van der Waals surface area contributed by atoms with Crippen molar-refractivity contribution in [2.24, 2.45) is 5.92 Å². The third-order valence-electron chi connectivity index (χ3n) is 9.78. The average Bonchev–Trinajstić information content (AvgIpc) is 4.07. The number of aliphatic hydroxyl groups is 5. The van der Waals surface area contributed by atoms with E-state index in [9.17, 15) is 33.6 Å². The highest BCUT2D eigenvalue weighted by atomic mass is 35.5. The molecule has 0 radical (unpaired) electrons. The molecule has 3 saturated carbocycles. The Labute approximate surface area is 301 Å². The lowest BCUT2D eigenvalue weighted by atomic mass is 9.96. The summed E-state index contributed by atoms with van der Waals surface area (Å²) < 4.78 is 42.4. The van der Waals surface area contributed by atoms with Gasteiger partial charge in [-0.05, 0) is 86.4 Å². The zero-order chi connectivity index (χ0) is 36.3. The van der Waals surface area contributed by atoms with E-state index in [-0.39, 0.29) is 24.0 Å². The third kappa shape index (κ3) is 8.90. The van der Waals surface area contributed by atoms with Gasteiger partial charge >= 0.3 is 0 Å². The lowest BCUT2D eigenvalue weighted by molar-refractivity contribution is -0.129. The molecule has 1 amide bonds. The Morgan fingerprint density at radius 2 is 1.73 bits per heavy atom. The molecule has 1 aromatic heterocycles. The Hall–Kier alpha value is -3.18. The fourth-order valence-electron chi connectivity index (χ4n) is 6.45. The Kier molecular flexibility index (Phi) is 11.7. The van der Waals surface area contributed by atoms with E-state index in [0.29, 0.717) is 23.4 Å². The second-order valence-electron chi connectivity index (χ2n) is 13.6. The van der Waals surface area contributed by atoms with Crippen LogP contribution in [0.4, 0.5) is 0 Å². The molecular weight excluding hydrogens is 702 g/mol. The molecule has 276 valence electrons. The average molecular weight is 746 g/mol. The molecule has 15 heteroatoms. The minimum atomic E-state index is -4.00. The standard InChI is InChI=1S/C36H44ClN3O10S/c37-29-10-9-25(51(47,48)40-23-6-5-21(15-23)35(46)39-18-30(42)33(44)34(45)31(43)19-41)16-22(29)20-49-36(12-13-36)28-17-38-14-11-26(28)27-3-1-2-4-32(27)50-24-7-8-24/h1-4,9-11,14,16-17,21,23-24,30-31,33-34,40-45H,5-8,12-13,15,18-20H2,(H,39,46). The first-order valence-corrected chi connectivity index (χ1v) is 19.0. The molecular formula is C36H44ClN3O10S. The second-order valence-corrected chi connectivity index (χ2v) is 15.8. The van der Waals surface area contributed by atoms with Gasteiger partial charge in [0.15, 0.2) is 0 Å². The summed E-state index contributed by atoms with van der Waals surface area (Å²) in [5.41, 5.74) is 2.77. The van der Waals surface area contributed by atoms with E-state index in [1.54, 1.807) is 6.20 Å². The molecule has 0 saturated heterocycles. The fraction of sp³-hybridized carbons (Fsp3) is 0.500. The summed E-state index contributed by atoms with van der Waals surface area (Å²) in [6.45, 7) is -1.16. The van der Waals surface area contributed by atoms with Gasteiger partial charge in [0, 0.05) is 47.0 Å². The van der Waals surface area contributed by atoms with Crippen LogP contribution in [0.5, 0.6) is 5.75 Å². The van der Waals surface area contributed by atoms with Gasteiger partial charge in [-0.25, -0.2) is 13.1 Å². The van der Waals surface area contributed by atoms with Crippen molar-refractivity contribution in [3.63, 3.8) is 0 Å². The summed E-state index contributed by atoms with van der Waals surface area (Å²) in [4.78, 5) is 17.2. The van der Waals surface area contributed by atoms with E-state index in [4.69, 9.17) is 26.2 Å². The number of halogens is 1. The summed E-state index contributed by atoms with van der Waals surface area (Å²) in [6.07, 6.45) is 1.54. The van der Waals surface area contributed by atoms with Crippen LogP contribution < -0.4 is 14.8 Å². The van der Waals surface area contributed by atoms with Crippen molar-refractivity contribution in [1.29, 1.82) is 0 Å². The number of pyridine rings is 1. The number of para-hydroxylation sites is 1. The Morgan fingerprint density at radius 3 is 2.45 bits per heavy atom. The smallest absolute Gasteiger partial charge is 0.240 e. The number of carbonyl (C=O) groups excluding carboxylic acids is 1. The largest absolute Gasteiger partial charge is 0.490 e. The second kappa shape index (κ2) is 15.8. The normalized spacial score (nSPS) is 22.2. The lowest BCUT2D eigenvalue weighted by Crippen LogP contribution is -2.50. The molecule has 3 fully saturated rings. The maximum atomic E-state index is 13.5. The minimum Gasteiger partial charge on any atom is -0.490 e. The van der Waals surface area contributed by atoms with Gasteiger partial charge in [0.1, 0.15) is 24.1 Å². The van der Waals surface area contributed by atoms with Crippen LogP contribution >= 0.6 is 11.6 Å². The molecule has 1 heterocycles. The number of hydrogen-bond acceptors (Lipinski definition) is 11. The summed E-state index contributed by atoms with van der Waals surface area (Å²) >= 11 is 6.54. The van der Waals surface area contributed by atoms with Crippen LogP contribution in [0, 0.1) is 5.92 Å². The topological polar surface area (TPSA) is 208 Å². The van der Waals surface area contributed by atoms with Gasteiger partial charge in [-0.15, -0.1) is 0 Å². The molecule has 3 aliphatic carbocycles. The van der Waals surface area contributed by atoms with Gasteiger partial charge in [-0.3, -0.25) is 9.78 Å². The number of aromatic nitrogens is 1. The van der Waals surface area contributed by atoms with Crippen molar-refractivity contribution in [3.05, 3.63) is 77.1 Å². The van der Waals surface area contributed by atoms with Gasteiger partial charge < -0.3 is 40.3 Å². The summed E-state index contributed by atoms with van der Waals surface area (Å²) in [7, 11) is -4.00. The third-order valence-corrected chi connectivity index (χ3v) is 11.7. The Morgan fingerprint density at radius 1 is 0.980 bits per heavy atom. The van der Waals surface area contributed by atoms with Crippen LogP contribution in [0.25, 0.3) is 11.1 Å². The van der Waals surface area contributed by atoms with Crippen LogP contribution in [0.2, 0.25) is 5.02 Å². The molecule has 7 N–H and O–H groups in total. The first-order valence-electron chi connectivity index (χ1n) is 17.2. The number of carbonyl (C=O) groups is 1. The molecule has 3 aromatic rings. The van der Waals surface area contributed by atoms with E-state index < -0.39 is 71.1 Å². The number of aliphatic hydroxyl groups excluding tert-OH is 5. The fourth-order valence-corrected chi connectivity index (χ4v) is 7.95. The molecule has 0 aliphatic heterocycles. The number of nitrogens with one attached hydrogen (secondary N) is 2. The van der Waals surface area contributed by atoms with Crippen LogP contribution in [0.15, 0.2) is 65.8 Å². The number of rotatable bonds is 17. The lowest BCUT2D eigenvalue weighted by Gasteiger charge is -2.26. The van der Waals surface area contributed by atoms with Crippen molar-refractivity contribution in [1.82, 2.24) is 15.0 Å². The van der Waals surface area contributed by atoms with E-state index in [0.717, 1.165) is 48.1 Å². The number of ether oxygens (including phenoxy) is 2. The molecule has 3 aliphatic rings. The van der Waals surface area contributed by atoms with Gasteiger partial charge in [0.05, 0.1) is 35.9 Å². The van der Waals surface area contributed by atoms with Crippen LogP contribution in [-0.4, -0.2) is 94.6 Å². The van der Waals surface area contributed by atoms with Crippen molar-refractivity contribution in [3.8, 4) is 16.9 Å². The van der Waals surface area contributed by atoms with Gasteiger partial charge in [-0.2, -0.15) is 0 Å². The molecule has 13 nitrogen and oxygen atoms in total. The van der Waals surface area contributed by atoms with Gasteiger partial charge in [0.2, 0.25) is 15.9 Å². The summed E-state index contributed by atoms with van der Waals surface area (Å²) in [5.74, 6) is -0.184. The van der Waals surface area contributed by atoms with Crippen molar-refractivity contribution >= 4 is 27.5 Å². The maximum absolute atomic E-state index is 13.5. The predicted octanol–water partition coefficient (Wildman–Crippen LogP) is 2.15. The van der Waals surface area contributed by atoms with Crippen LogP contribution in [-0.2, 0) is 31.8 Å². The van der Waals surface area contributed by atoms with Crippen LogP contribution in [0.1, 0.15) is 56.1 Å². The molecule has 6 rings (SSSR count). The number of benzene rings is 2. The van der Waals surface area contributed by atoms with Gasteiger partial charge in [-0.1, -0.05) is 29.8 Å². The number of nitrogens with zero attached hydrogens (tertiary/aromatic N) is 1. The monoisotopic (exact) mass is 745 g/mol. The first kappa shape index (κ1) is 37.6. The molecule has 6 unspecified atom stereocenters. The summed E-state index contributed by atoms with van der Waals surface area (Å²) in [5, 5.41) is 51.1. The number of sulfonamides is 1. The van der Waals surface area contributed by atoms with E-state index >= 15 is 0 Å². The number of hydrogen-bond donors (Lipinski definition) is 7. The highest BCUT2D eigenvalue weighted by molar-refractivity contribution is 7.89. The van der Waals surface area contributed by atoms with Crippen LogP contribution in [0.3, 0.4) is 0 Å². The van der Waals surface area contributed by atoms with E-state index in [2.05, 4.69) is 15.0 Å². The zero-order valence-corrected chi connectivity index (χ0v) is 29.5. The number of amides is 1. The van der Waals surface area contributed by atoms with Crippen molar-refractivity contribution in [2.75, 3.05) is 13.2 Å². The highest BCUT2D eigenvalue weighted by Crippen LogP contribution is 2.53. The van der Waals surface area contributed by atoms with E-state index in [1.165, 1.54) is 18.2 Å². The predicted molar refractivity (Wildman–Crippen MR) is 186 cm³/mol. The minimum absolute atomic E-state index is 0.0113. The van der Waals surface area contributed by atoms with Gasteiger partial charge in [0.25, 0.3) is 0 Å². The first-order chi connectivity index (χ1) is 24.4. The quantitative estimate of drug-likeness (QED) is 0.107. The Balaban J connectivity index is 1.07. The zero-order valence-electron chi connectivity index (χ0n) is 27.9. The molecule has 2 aromatic carbocycles.